The highest BCUT2D eigenvalue weighted by atomic mass is 32.2. The van der Waals surface area contributed by atoms with Gasteiger partial charge in [0.2, 0.25) is 15.9 Å². The van der Waals surface area contributed by atoms with E-state index in [0.717, 1.165) is 36.1 Å². The zero-order valence-electron chi connectivity index (χ0n) is 18.8. The minimum Gasteiger partial charge on any atom is -0.335 e. The van der Waals surface area contributed by atoms with Crippen LogP contribution in [0.5, 0.6) is 0 Å². The number of sulfonamides is 1. The van der Waals surface area contributed by atoms with Gasteiger partial charge >= 0.3 is 0 Å². The van der Waals surface area contributed by atoms with Crippen molar-refractivity contribution in [1.82, 2.24) is 9.21 Å². The fraction of sp³-hybridized carbons (Fsp3) is 0.542. The average Bonchev–Trinajstić information content (AvgIpc) is 3.20. The van der Waals surface area contributed by atoms with E-state index in [1.54, 1.807) is 15.6 Å². The molecule has 1 amide bonds. The molecule has 0 bridgehead atoms. The van der Waals surface area contributed by atoms with Gasteiger partial charge in [-0.15, -0.1) is 11.3 Å². The van der Waals surface area contributed by atoms with Crippen molar-refractivity contribution in [3.05, 3.63) is 50.7 Å². The number of thiophene rings is 1. The molecule has 168 valence electrons. The van der Waals surface area contributed by atoms with Crippen LogP contribution in [0.2, 0.25) is 0 Å². The van der Waals surface area contributed by atoms with Gasteiger partial charge in [-0.05, 0) is 74.6 Å². The van der Waals surface area contributed by atoms with Crippen molar-refractivity contribution in [2.24, 2.45) is 5.92 Å². The average molecular weight is 461 g/mol. The molecule has 2 aliphatic heterocycles. The number of hydrogen-bond donors (Lipinski definition) is 0. The van der Waals surface area contributed by atoms with Gasteiger partial charge in [-0.3, -0.25) is 4.79 Å². The minimum absolute atomic E-state index is 0.0964. The van der Waals surface area contributed by atoms with Crippen molar-refractivity contribution < 1.29 is 13.2 Å². The summed E-state index contributed by atoms with van der Waals surface area (Å²) >= 11 is 1.79. The Balaban J connectivity index is 1.47. The molecule has 7 heteroatoms. The summed E-state index contributed by atoms with van der Waals surface area (Å²) in [6.45, 7) is 9.42. The maximum atomic E-state index is 13.4. The Morgan fingerprint density at radius 3 is 2.35 bits per heavy atom. The van der Waals surface area contributed by atoms with Crippen LogP contribution in [0.4, 0.5) is 0 Å². The van der Waals surface area contributed by atoms with Gasteiger partial charge in [-0.25, -0.2) is 8.42 Å². The third-order valence-corrected chi connectivity index (χ3v) is 9.97. The molecule has 0 radical (unpaired) electrons. The Labute approximate surface area is 190 Å². The first-order valence-electron chi connectivity index (χ1n) is 11.2. The van der Waals surface area contributed by atoms with Crippen LogP contribution in [0.1, 0.15) is 59.4 Å². The van der Waals surface area contributed by atoms with Crippen LogP contribution in [-0.4, -0.2) is 43.2 Å². The summed E-state index contributed by atoms with van der Waals surface area (Å²) in [6, 6.07) is 6.17. The van der Waals surface area contributed by atoms with Gasteiger partial charge in [0.05, 0.1) is 10.9 Å². The molecule has 1 aromatic carbocycles. The van der Waals surface area contributed by atoms with E-state index in [1.165, 1.54) is 10.4 Å². The zero-order chi connectivity index (χ0) is 22.3. The Hall–Kier alpha value is -1.70. The Morgan fingerprint density at radius 2 is 1.74 bits per heavy atom. The second-order valence-corrected chi connectivity index (χ2v) is 11.8. The Morgan fingerprint density at radius 1 is 1.10 bits per heavy atom. The van der Waals surface area contributed by atoms with Crippen LogP contribution in [0.15, 0.2) is 28.5 Å². The van der Waals surface area contributed by atoms with E-state index in [9.17, 15) is 13.2 Å². The quantitative estimate of drug-likeness (QED) is 0.669. The normalized spacial score (nSPS) is 20.6. The summed E-state index contributed by atoms with van der Waals surface area (Å²) in [4.78, 5) is 17.3. The third kappa shape index (κ3) is 4.08. The monoisotopic (exact) mass is 460 g/mol. The molecule has 31 heavy (non-hydrogen) atoms. The van der Waals surface area contributed by atoms with Crippen molar-refractivity contribution >= 4 is 27.3 Å². The molecular formula is C24H32N2O3S2. The zero-order valence-corrected chi connectivity index (χ0v) is 20.5. The first-order valence-corrected chi connectivity index (χ1v) is 13.5. The van der Waals surface area contributed by atoms with Crippen molar-refractivity contribution in [1.29, 1.82) is 0 Å². The molecule has 5 nitrogen and oxygen atoms in total. The van der Waals surface area contributed by atoms with E-state index in [1.807, 2.05) is 32.9 Å². The van der Waals surface area contributed by atoms with E-state index < -0.39 is 10.0 Å². The lowest BCUT2D eigenvalue weighted by Crippen LogP contribution is -2.47. The van der Waals surface area contributed by atoms with Gasteiger partial charge in [0.25, 0.3) is 0 Å². The second-order valence-electron chi connectivity index (χ2n) is 8.91. The van der Waals surface area contributed by atoms with E-state index in [4.69, 9.17) is 0 Å². The summed E-state index contributed by atoms with van der Waals surface area (Å²) in [7, 11) is -3.55. The number of carbonyl (C=O) groups is 1. The van der Waals surface area contributed by atoms with Gasteiger partial charge in [0, 0.05) is 30.4 Å². The van der Waals surface area contributed by atoms with Crippen LogP contribution < -0.4 is 0 Å². The highest BCUT2D eigenvalue weighted by Crippen LogP contribution is 2.37. The molecule has 0 spiro atoms. The molecule has 0 unspecified atom stereocenters. The molecule has 1 fully saturated rings. The molecular weight excluding hydrogens is 428 g/mol. The van der Waals surface area contributed by atoms with Gasteiger partial charge in [0.1, 0.15) is 0 Å². The van der Waals surface area contributed by atoms with Crippen LogP contribution in [0.3, 0.4) is 0 Å². The number of hydrogen-bond acceptors (Lipinski definition) is 4. The number of fused-ring (bicyclic) bond motifs is 1. The molecule has 1 saturated heterocycles. The van der Waals surface area contributed by atoms with Crippen LogP contribution >= 0.6 is 11.3 Å². The number of piperidine rings is 1. The molecule has 1 atom stereocenters. The summed E-state index contributed by atoms with van der Waals surface area (Å²) in [6.07, 6.45) is 3.01. The van der Waals surface area contributed by atoms with Gasteiger partial charge in [-0.1, -0.05) is 24.6 Å². The molecule has 0 saturated carbocycles. The Kier molecular flexibility index (Phi) is 6.30. The van der Waals surface area contributed by atoms with Gasteiger partial charge < -0.3 is 4.90 Å². The highest BCUT2D eigenvalue weighted by Gasteiger charge is 2.38. The highest BCUT2D eigenvalue weighted by molar-refractivity contribution is 7.89. The van der Waals surface area contributed by atoms with E-state index in [-0.39, 0.29) is 17.9 Å². The van der Waals surface area contributed by atoms with E-state index >= 15 is 0 Å². The first-order chi connectivity index (χ1) is 14.7. The SMILES string of the molecule is CC[C@@H]1c2ccsc2CCN1C(=O)C1CCN(S(=O)(=O)c2c(C)cc(C)cc2C)CC1. The number of carbonyl (C=O) groups excluding carboxylic acids is 1. The van der Waals surface area contributed by atoms with Crippen molar-refractivity contribution in [3.8, 4) is 0 Å². The first kappa shape index (κ1) is 22.5. The number of nitrogens with zero attached hydrogens (tertiary/aromatic N) is 2. The fourth-order valence-electron chi connectivity index (χ4n) is 5.38. The van der Waals surface area contributed by atoms with E-state index in [2.05, 4.69) is 23.3 Å². The third-order valence-electron chi connectivity index (χ3n) is 6.77. The minimum atomic E-state index is -3.55. The number of rotatable bonds is 4. The molecule has 4 rings (SSSR count). The largest absolute Gasteiger partial charge is 0.335 e. The summed E-state index contributed by atoms with van der Waals surface area (Å²) in [5, 5.41) is 2.12. The van der Waals surface area contributed by atoms with Crippen LogP contribution in [-0.2, 0) is 21.2 Å². The van der Waals surface area contributed by atoms with E-state index in [0.29, 0.717) is 30.8 Å². The molecule has 0 N–H and O–H groups in total. The lowest BCUT2D eigenvalue weighted by molar-refractivity contribution is -0.139. The van der Waals surface area contributed by atoms with Crippen molar-refractivity contribution in [2.75, 3.05) is 19.6 Å². The topological polar surface area (TPSA) is 57.7 Å². The molecule has 0 aliphatic carbocycles. The molecule has 3 heterocycles. The maximum absolute atomic E-state index is 13.4. The van der Waals surface area contributed by atoms with Crippen molar-refractivity contribution in [3.63, 3.8) is 0 Å². The van der Waals surface area contributed by atoms with Gasteiger partial charge in [0.15, 0.2) is 0 Å². The predicted molar refractivity (Wildman–Crippen MR) is 125 cm³/mol. The van der Waals surface area contributed by atoms with Crippen molar-refractivity contribution in [2.45, 2.75) is 64.3 Å². The summed E-state index contributed by atoms with van der Waals surface area (Å²) < 4.78 is 28.3. The lowest BCUT2D eigenvalue weighted by atomic mass is 9.92. The summed E-state index contributed by atoms with van der Waals surface area (Å²) in [5.41, 5.74) is 3.96. The van der Waals surface area contributed by atoms with Crippen LogP contribution in [0, 0.1) is 26.7 Å². The maximum Gasteiger partial charge on any atom is 0.243 e. The van der Waals surface area contributed by atoms with Crippen LogP contribution in [0.25, 0.3) is 0 Å². The number of amides is 1. The molecule has 1 aromatic heterocycles. The molecule has 2 aromatic rings. The standard InChI is InChI=1S/C24H32N2O3S2/c1-5-21-20-9-13-30-22(20)8-12-26(21)24(27)19-6-10-25(11-7-19)31(28,29)23-17(3)14-16(2)15-18(23)4/h9,13-15,19,21H,5-8,10-12H2,1-4H3/t21-/m1/s1. The lowest BCUT2D eigenvalue weighted by Gasteiger charge is -2.39. The number of benzene rings is 1. The number of aryl methyl sites for hydroxylation is 3. The van der Waals surface area contributed by atoms with Gasteiger partial charge in [-0.2, -0.15) is 4.31 Å². The smallest absolute Gasteiger partial charge is 0.243 e. The predicted octanol–water partition coefficient (Wildman–Crippen LogP) is 4.61. The second kappa shape index (κ2) is 8.68. The molecule has 2 aliphatic rings. The fourth-order valence-corrected chi connectivity index (χ4v) is 8.19. The summed E-state index contributed by atoms with van der Waals surface area (Å²) in [5.74, 6) is 0.101. The Bertz CT molecular complexity index is 1060.